The Hall–Kier alpha value is -1.48. The molecule has 3 nitrogen and oxygen atoms in total. The Kier molecular flexibility index (Phi) is 2.88. The van der Waals surface area contributed by atoms with E-state index in [1.54, 1.807) is 12.4 Å². The first-order valence-corrected chi connectivity index (χ1v) is 5.55. The summed E-state index contributed by atoms with van der Waals surface area (Å²) in [6.45, 7) is 4.23. The van der Waals surface area contributed by atoms with Crippen molar-refractivity contribution in [3.8, 4) is 5.69 Å². The Morgan fingerprint density at radius 1 is 1.38 bits per heavy atom. The molecule has 0 amide bonds. The van der Waals surface area contributed by atoms with Crippen LogP contribution in [0.2, 0.25) is 5.02 Å². The van der Waals surface area contributed by atoms with Crippen LogP contribution in [0.15, 0.2) is 30.7 Å². The van der Waals surface area contributed by atoms with Gasteiger partial charge in [0.1, 0.15) is 0 Å². The molecule has 2 rings (SSSR count). The fourth-order valence-corrected chi connectivity index (χ4v) is 1.63. The van der Waals surface area contributed by atoms with Gasteiger partial charge in [-0.15, -0.1) is 0 Å². The van der Waals surface area contributed by atoms with Gasteiger partial charge < -0.3 is 10.3 Å². The largest absolute Gasteiger partial charge is 0.398 e. The maximum Gasteiger partial charge on any atom is 0.0995 e. The molecule has 0 aliphatic rings. The lowest BCUT2D eigenvalue weighted by molar-refractivity contribution is 0.831. The molecule has 2 aromatic rings. The van der Waals surface area contributed by atoms with E-state index >= 15 is 0 Å². The second kappa shape index (κ2) is 4.18. The molecule has 84 valence electrons. The lowest BCUT2D eigenvalue weighted by Gasteiger charge is -2.04. The summed E-state index contributed by atoms with van der Waals surface area (Å²) in [6, 6.07) is 5.56. The van der Waals surface area contributed by atoms with E-state index in [0.717, 1.165) is 11.4 Å². The number of imidazole rings is 1. The van der Waals surface area contributed by atoms with Crippen molar-refractivity contribution in [1.29, 1.82) is 0 Å². The van der Waals surface area contributed by atoms with Gasteiger partial charge in [-0.05, 0) is 24.1 Å². The summed E-state index contributed by atoms with van der Waals surface area (Å²) in [5.41, 5.74) is 8.29. The van der Waals surface area contributed by atoms with Crippen molar-refractivity contribution in [2.75, 3.05) is 5.73 Å². The quantitative estimate of drug-likeness (QED) is 0.813. The molecule has 0 aliphatic heterocycles. The third-order valence-electron chi connectivity index (χ3n) is 2.48. The van der Waals surface area contributed by atoms with Crippen LogP contribution in [-0.2, 0) is 0 Å². The van der Waals surface area contributed by atoms with Gasteiger partial charge in [-0.1, -0.05) is 25.4 Å². The summed E-state index contributed by atoms with van der Waals surface area (Å²) in [7, 11) is 0. The zero-order valence-electron chi connectivity index (χ0n) is 9.31. The highest BCUT2D eigenvalue weighted by Gasteiger charge is 2.05. The Bertz CT molecular complexity index is 503. The standard InChI is InChI=1S/C12H14ClN3/c1-8(2)12-6-16(7-15-12)9-3-4-11(14)10(13)5-9/h3-8H,14H2,1-2H3. The molecule has 1 heterocycles. The number of nitrogens with two attached hydrogens (primary N) is 1. The summed E-state index contributed by atoms with van der Waals surface area (Å²) in [4.78, 5) is 4.33. The molecule has 0 fully saturated rings. The monoisotopic (exact) mass is 235 g/mol. The minimum absolute atomic E-state index is 0.422. The maximum absolute atomic E-state index is 5.97. The van der Waals surface area contributed by atoms with Gasteiger partial charge in [-0.3, -0.25) is 0 Å². The van der Waals surface area contributed by atoms with Gasteiger partial charge >= 0.3 is 0 Å². The number of nitrogens with zero attached hydrogens (tertiary/aromatic N) is 2. The van der Waals surface area contributed by atoms with Gasteiger partial charge in [0.05, 0.1) is 22.7 Å². The highest BCUT2D eigenvalue weighted by molar-refractivity contribution is 6.33. The third-order valence-corrected chi connectivity index (χ3v) is 2.80. The molecule has 1 aromatic carbocycles. The third kappa shape index (κ3) is 2.04. The van der Waals surface area contributed by atoms with E-state index in [9.17, 15) is 0 Å². The first-order chi connectivity index (χ1) is 7.58. The molecule has 16 heavy (non-hydrogen) atoms. The summed E-state index contributed by atoms with van der Waals surface area (Å²) < 4.78 is 1.95. The van der Waals surface area contributed by atoms with Crippen molar-refractivity contribution in [3.63, 3.8) is 0 Å². The molecule has 0 saturated carbocycles. The van der Waals surface area contributed by atoms with Crippen LogP contribution in [0, 0.1) is 0 Å². The molecule has 0 saturated heterocycles. The normalized spacial score (nSPS) is 11.0. The van der Waals surface area contributed by atoms with E-state index in [1.165, 1.54) is 0 Å². The predicted octanol–water partition coefficient (Wildman–Crippen LogP) is 3.23. The van der Waals surface area contributed by atoms with E-state index < -0.39 is 0 Å². The van der Waals surface area contributed by atoms with E-state index in [0.29, 0.717) is 16.6 Å². The predicted molar refractivity (Wildman–Crippen MR) is 67.1 cm³/mol. The fraction of sp³-hybridized carbons (Fsp3) is 0.250. The molecule has 0 aliphatic carbocycles. The van der Waals surface area contributed by atoms with Crippen molar-refractivity contribution >= 4 is 17.3 Å². The summed E-state index contributed by atoms with van der Waals surface area (Å²) >= 11 is 5.97. The number of halogens is 1. The molecule has 0 spiro atoms. The molecule has 0 bridgehead atoms. The van der Waals surface area contributed by atoms with Crippen molar-refractivity contribution in [1.82, 2.24) is 9.55 Å². The first kappa shape index (κ1) is 11.0. The van der Waals surface area contributed by atoms with Crippen molar-refractivity contribution in [2.24, 2.45) is 0 Å². The second-order valence-corrected chi connectivity index (χ2v) is 4.47. The number of aromatic nitrogens is 2. The Morgan fingerprint density at radius 3 is 2.69 bits per heavy atom. The zero-order valence-corrected chi connectivity index (χ0v) is 10.1. The molecule has 0 unspecified atom stereocenters. The molecule has 4 heteroatoms. The van der Waals surface area contributed by atoms with Crippen LogP contribution in [0.1, 0.15) is 25.5 Å². The molecule has 0 radical (unpaired) electrons. The Balaban J connectivity index is 2.39. The van der Waals surface area contributed by atoms with Crippen LogP contribution in [0.3, 0.4) is 0 Å². The van der Waals surface area contributed by atoms with Crippen molar-refractivity contribution in [3.05, 3.63) is 41.4 Å². The maximum atomic E-state index is 5.97. The van der Waals surface area contributed by atoms with Gasteiger partial charge in [0.15, 0.2) is 0 Å². The fourth-order valence-electron chi connectivity index (χ4n) is 1.45. The van der Waals surface area contributed by atoms with Crippen LogP contribution >= 0.6 is 11.6 Å². The van der Waals surface area contributed by atoms with Crippen LogP contribution in [0.25, 0.3) is 5.69 Å². The van der Waals surface area contributed by atoms with E-state index in [4.69, 9.17) is 17.3 Å². The van der Waals surface area contributed by atoms with Crippen LogP contribution in [-0.4, -0.2) is 9.55 Å². The van der Waals surface area contributed by atoms with Crippen LogP contribution < -0.4 is 5.73 Å². The Labute approximate surface area is 99.9 Å². The molecule has 0 atom stereocenters. The van der Waals surface area contributed by atoms with E-state index in [2.05, 4.69) is 18.8 Å². The van der Waals surface area contributed by atoms with E-state index in [1.807, 2.05) is 22.9 Å². The van der Waals surface area contributed by atoms with Gasteiger partial charge in [0, 0.05) is 11.9 Å². The van der Waals surface area contributed by atoms with Crippen LogP contribution in [0.5, 0.6) is 0 Å². The number of nitrogen functional groups attached to an aromatic ring is 1. The van der Waals surface area contributed by atoms with Gasteiger partial charge in [-0.2, -0.15) is 0 Å². The molecule has 1 aromatic heterocycles. The number of hydrogen-bond donors (Lipinski definition) is 1. The summed E-state index contributed by atoms with van der Waals surface area (Å²) in [5, 5.41) is 0.567. The van der Waals surface area contributed by atoms with E-state index in [-0.39, 0.29) is 0 Å². The smallest absolute Gasteiger partial charge is 0.0995 e. The summed E-state index contributed by atoms with van der Waals surface area (Å²) in [5.74, 6) is 0.422. The lowest BCUT2D eigenvalue weighted by Crippen LogP contribution is -1.93. The molecular weight excluding hydrogens is 222 g/mol. The minimum atomic E-state index is 0.422. The highest BCUT2D eigenvalue weighted by Crippen LogP contribution is 2.22. The number of rotatable bonds is 2. The van der Waals surface area contributed by atoms with Crippen molar-refractivity contribution < 1.29 is 0 Å². The topological polar surface area (TPSA) is 43.8 Å². The Morgan fingerprint density at radius 2 is 2.12 bits per heavy atom. The average molecular weight is 236 g/mol. The first-order valence-electron chi connectivity index (χ1n) is 5.17. The highest BCUT2D eigenvalue weighted by atomic mass is 35.5. The molecular formula is C12H14ClN3. The molecule has 2 N–H and O–H groups in total. The van der Waals surface area contributed by atoms with Crippen LogP contribution in [0.4, 0.5) is 5.69 Å². The SMILES string of the molecule is CC(C)c1cn(-c2ccc(N)c(Cl)c2)cn1. The number of hydrogen-bond acceptors (Lipinski definition) is 2. The van der Waals surface area contributed by atoms with Gasteiger partial charge in [0.2, 0.25) is 0 Å². The van der Waals surface area contributed by atoms with Gasteiger partial charge in [0.25, 0.3) is 0 Å². The number of benzene rings is 1. The van der Waals surface area contributed by atoms with Gasteiger partial charge in [-0.25, -0.2) is 4.98 Å². The lowest BCUT2D eigenvalue weighted by atomic mass is 10.2. The zero-order chi connectivity index (χ0) is 11.7. The number of anilines is 1. The summed E-state index contributed by atoms with van der Waals surface area (Å²) in [6.07, 6.45) is 3.80. The van der Waals surface area contributed by atoms with Crippen molar-refractivity contribution in [2.45, 2.75) is 19.8 Å². The second-order valence-electron chi connectivity index (χ2n) is 4.07. The average Bonchev–Trinajstić information content (AvgIpc) is 2.71. The minimum Gasteiger partial charge on any atom is -0.398 e.